The molecule has 21 heavy (non-hydrogen) atoms. The summed E-state index contributed by atoms with van der Waals surface area (Å²) in [7, 11) is 0. The standard InChI is InChI=1S/C15H17F3N2S/c1-3-6-20-14(13-8-19-9-21-13)12-5-4-11(7-10(12)2)15(16,17)18/h4-5,7-9,14,20H,3,6H2,1-2H3. The minimum Gasteiger partial charge on any atom is -0.306 e. The first-order chi connectivity index (χ1) is 9.93. The van der Waals surface area contributed by atoms with Crippen LogP contribution in [0.1, 0.15) is 41.0 Å². The van der Waals surface area contributed by atoms with Gasteiger partial charge < -0.3 is 5.32 Å². The van der Waals surface area contributed by atoms with Crippen LogP contribution in [0.5, 0.6) is 0 Å². The van der Waals surface area contributed by atoms with Gasteiger partial charge in [-0.05, 0) is 43.1 Å². The second-order valence-corrected chi connectivity index (χ2v) is 5.78. The fourth-order valence-corrected chi connectivity index (χ4v) is 2.91. The molecule has 1 N–H and O–H groups in total. The number of aryl methyl sites for hydroxylation is 1. The summed E-state index contributed by atoms with van der Waals surface area (Å²) in [5.41, 5.74) is 2.62. The number of hydrogen-bond donors (Lipinski definition) is 1. The van der Waals surface area contributed by atoms with E-state index in [1.54, 1.807) is 24.7 Å². The normalized spacial score (nSPS) is 13.4. The first-order valence-electron chi connectivity index (χ1n) is 6.73. The van der Waals surface area contributed by atoms with Crippen molar-refractivity contribution in [1.29, 1.82) is 0 Å². The molecule has 0 aliphatic heterocycles. The van der Waals surface area contributed by atoms with Gasteiger partial charge in [0.1, 0.15) is 0 Å². The maximum Gasteiger partial charge on any atom is 0.416 e. The molecular weight excluding hydrogens is 297 g/mol. The van der Waals surface area contributed by atoms with Gasteiger partial charge in [0.15, 0.2) is 0 Å². The Labute approximate surface area is 126 Å². The van der Waals surface area contributed by atoms with E-state index in [0.29, 0.717) is 5.56 Å². The monoisotopic (exact) mass is 314 g/mol. The topological polar surface area (TPSA) is 24.9 Å². The first kappa shape index (κ1) is 16.0. The molecule has 0 saturated carbocycles. The summed E-state index contributed by atoms with van der Waals surface area (Å²) in [6.45, 7) is 4.56. The molecule has 0 spiro atoms. The van der Waals surface area contributed by atoms with E-state index in [-0.39, 0.29) is 6.04 Å². The number of rotatable bonds is 5. The van der Waals surface area contributed by atoms with Crippen molar-refractivity contribution in [3.8, 4) is 0 Å². The van der Waals surface area contributed by atoms with Crippen LogP contribution >= 0.6 is 11.3 Å². The van der Waals surface area contributed by atoms with Crippen molar-refractivity contribution in [1.82, 2.24) is 10.3 Å². The summed E-state index contributed by atoms with van der Waals surface area (Å²) in [6, 6.07) is 3.80. The number of thiazole rings is 1. The molecule has 2 rings (SSSR count). The molecule has 1 aromatic carbocycles. The van der Waals surface area contributed by atoms with Gasteiger partial charge in [-0.25, -0.2) is 0 Å². The van der Waals surface area contributed by atoms with Crippen LogP contribution in [0.15, 0.2) is 29.9 Å². The summed E-state index contributed by atoms with van der Waals surface area (Å²) in [6.07, 6.45) is -1.59. The average molecular weight is 314 g/mol. The van der Waals surface area contributed by atoms with E-state index in [0.717, 1.165) is 29.5 Å². The number of hydrogen-bond acceptors (Lipinski definition) is 3. The third-order valence-corrected chi connectivity index (χ3v) is 4.08. The maximum absolute atomic E-state index is 12.8. The van der Waals surface area contributed by atoms with E-state index in [4.69, 9.17) is 0 Å². The smallest absolute Gasteiger partial charge is 0.306 e. The van der Waals surface area contributed by atoms with Gasteiger partial charge in [0.05, 0.1) is 17.1 Å². The molecule has 0 bridgehead atoms. The lowest BCUT2D eigenvalue weighted by atomic mass is 9.97. The van der Waals surface area contributed by atoms with E-state index in [9.17, 15) is 13.2 Å². The quantitative estimate of drug-likeness (QED) is 0.875. The van der Waals surface area contributed by atoms with Crippen LogP contribution in [-0.2, 0) is 6.18 Å². The van der Waals surface area contributed by atoms with Gasteiger partial charge in [0.25, 0.3) is 0 Å². The van der Waals surface area contributed by atoms with Gasteiger partial charge in [-0.15, -0.1) is 11.3 Å². The number of nitrogens with one attached hydrogen (secondary N) is 1. The Bertz CT molecular complexity index is 579. The molecule has 0 amide bonds. The highest BCUT2D eigenvalue weighted by molar-refractivity contribution is 7.09. The van der Waals surface area contributed by atoms with Crippen molar-refractivity contribution in [3.63, 3.8) is 0 Å². The van der Waals surface area contributed by atoms with Gasteiger partial charge >= 0.3 is 6.18 Å². The van der Waals surface area contributed by atoms with Gasteiger partial charge in [0.2, 0.25) is 0 Å². The lowest BCUT2D eigenvalue weighted by molar-refractivity contribution is -0.137. The van der Waals surface area contributed by atoms with Crippen LogP contribution in [-0.4, -0.2) is 11.5 Å². The fourth-order valence-electron chi connectivity index (χ4n) is 2.20. The van der Waals surface area contributed by atoms with Crippen LogP contribution in [0.3, 0.4) is 0 Å². The van der Waals surface area contributed by atoms with Gasteiger partial charge in [-0.2, -0.15) is 13.2 Å². The van der Waals surface area contributed by atoms with E-state index in [1.807, 2.05) is 0 Å². The molecule has 1 heterocycles. The Morgan fingerprint density at radius 3 is 2.62 bits per heavy atom. The van der Waals surface area contributed by atoms with Crippen molar-refractivity contribution in [2.45, 2.75) is 32.5 Å². The fraction of sp³-hybridized carbons (Fsp3) is 0.400. The molecule has 1 atom stereocenters. The zero-order valence-electron chi connectivity index (χ0n) is 11.9. The molecule has 2 aromatic rings. The Hall–Kier alpha value is -1.40. The molecule has 0 fully saturated rings. The lowest BCUT2D eigenvalue weighted by Gasteiger charge is -2.20. The zero-order chi connectivity index (χ0) is 15.5. The Morgan fingerprint density at radius 1 is 1.33 bits per heavy atom. The molecule has 0 saturated heterocycles. The summed E-state index contributed by atoms with van der Waals surface area (Å²) in [5.74, 6) is 0. The minimum absolute atomic E-state index is 0.111. The highest BCUT2D eigenvalue weighted by Gasteiger charge is 2.31. The van der Waals surface area contributed by atoms with Crippen molar-refractivity contribution in [2.75, 3.05) is 6.54 Å². The number of aromatic nitrogens is 1. The summed E-state index contributed by atoms with van der Waals surface area (Å²) < 4.78 is 38.3. The molecule has 1 unspecified atom stereocenters. The van der Waals surface area contributed by atoms with Crippen LogP contribution < -0.4 is 5.32 Å². The molecule has 0 radical (unpaired) electrons. The van der Waals surface area contributed by atoms with Crippen LogP contribution in [0, 0.1) is 6.92 Å². The van der Waals surface area contributed by atoms with Crippen molar-refractivity contribution in [3.05, 3.63) is 51.5 Å². The number of halogens is 3. The van der Waals surface area contributed by atoms with E-state index in [2.05, 4.69) is 17.2 Å². The number of nitrogens with zero attached hydrogens (tertiary/aromatic N) is 1. The van der Waals surface area contributed by atoms with Gasteiger partial charge in [0, 0.05) is 11.1 Å². The zero-order valence-corrected chi connectivity index (χ0v) is 12.7. The predicted molar refractivity (Wildman–Crippen MR) is 78.4 cm³/mol. The molecule has 0 aliphatic carbocycles. The van der Waals surface area contributed by atoms with Gasteiger partial charge in [-0.3, -0.25) is 4.98 Å². The van der Waals surface area contributed by atoms with Crippen molar-refractivity contribution < 1.29 is 13.2 Å². The van der Waals surface area contributed by atoms with Crippen LogP contribution in [0.4, 0.5) is 13.2 Å². The van der Waals surface area contributed by atoms with E-state index >= 15 is 0 Å². The predicted octanol–water partition coefficient (Wildman–Crippen LogP) is 4.56. The third-order valence-electron chi connectivity index (χ3n) is 3.24. The van der Waals surface area contributed by atoms with Crippen LogP contribution in [0.2, 0.25) is 0 Å². The average Bonchev–Trinajstić information content (AvgIpc) is 2.93. The second-order valence-electron chi connectivity index (χ2n) is 4.86. The highest BCUT2D eigenvalue weighted by atomic mass is 32.1. The Balaban J connectivity index is 2.36. The molecule has 0 aliphatic rings. The summed E-state index contributed by atoms with van der Waals surface area (Å²) >= 11 is 1.50. The number of alkyl halides is 3. The van der Waals surface area contributed by atoms with Crippen LogP contribution in [0.25, 0.3) is 0 Å². The Kier molecular flexibility index (Phi) is 5.00. The van der Waals surface area contributed by atoms with Gasteiger partial charge in [-0.1, -0.05) is 13.0 Å². The Morgan fingerprint density at radius 2 is 2.10 bits per heavy atom. The third kappa shape index (κ3) is 3.83. The second kappa shape index (κ2) is 6.58. The molecule has 6 heteroatoms. The molecular formula is C15H17F3N2S. The van der Waals surface area contributed by atoms with Crippen molar-refractivity contribution >= 4 is 11.3 Å². The highest BCUT2D eigenvalue weighted by Crippen LogP contribution is 2.33. The first-order valence-corrected chi connectivity index (χ1v) is 7.61. The molecule has 114 valence electrons. The SMILES string of the molecule is CCCNC(c1cncs1)c1ccc(C(F)(F)F)cc1C. The molecule has 2 nitrogen and oxygen atoms in total. The lowest BCUT2D eigenvalue weighted by Crippen LogP contribution is -2.23. The maximum atomic E-state index is 12.8. The van der Waals surface area contributed by atoms with E-state index < -0.39 is 11.7 Å². The van der Waals surface area contributed by atoms with E-state index in [1.165, 1.54) is 17.4 Å². The van der Waals surface area contributed by atoms with Crippen molar-refractivity contribution in [2.24, 2.45) is 0 Å². The molecule has 1 aromatic heterocycles. The largest absolute Gasteiger partial charge is 0.416 e. The number of benzene rings is 1. The summed E-state index contributed by atoms with van der Waals surface area (Å²) in [4.78, 5) is 5.07. The summed E-state index contributed by atoms with van der Waals surface area (Å²) in [5, 5.41) is 3.38. The minimum atomic E-state index is -4.31.